The van der Waals surface area contributed by atoms with Crippen LogP contribution in [-0.4, -0.2) is 9.97 Å². The third kappa shape index (κ3) is 2.91. The highest BCUT2D eigenvalue weighted by atomic mass is 14.7. The Labute approximate surface area is 154 Å². The minimum Gasteiger partial charge on any atom is -0.256 e. The first kappa shape index (κ1) is 16.2. The molecule has 0 amide bonds. The molecule has 0 bridgehead atoms. The van der Waals surface area contributed by atoms with Gasteiger partial charge in [-0.25, -0.2) is 0 Å². The lowest BCUT2D eigenvalue weighted by Crippen LogP contribution is -1.95. The zero-order chi connectivity index (χ0) is 17.9. The fraction of sp³-hybridized carbons (Fsp3) is 0.0833. The summed E-state index contributed by atoms with van der Waals surface area (Å²) in [6.45, 7) is 4.29. The molecule has 0 aliphatic rings. The molecule has 0 atom stereocenters. The number of hydrogen-bond acceptors (Lipinski definition) is 2. The number of hydrogen-bond donors (Lipinski definition) is 0. The molecule has 0 radical (unpaired) electrons. The first-order valence-electron chi connectivity index (χ1n) is 8.78. The maximum absolute atomic E-state index is 4.61. The highest BCUT2D eigenvalue weighted by molar-refractivity contribution is 5.92. The van der Waals surface area contributed by atoms with Crippen LogP contribution in [0, 0.1) is 13.8 Å². The van der Waals surface area contributed by atoms with Crippen LogP contribution >= 0.6 is 0 Å². The number of rotatable bonds is 3. The van der Waals surface area contributed by atoms with Crippen molar-refractivity contribution in [3.63, 3.8) is 0 Å². The molecular weight excluding hydrogens is 316 g/mol. The van der Waals surface area contributed by atoms with E-state index in [-0.39, 0.29) is 0 Å². The Morgan fingerprint density at radius 3 is 1.35 bits per heavy atom. The molecule has 2 aromatic carbocycles. The van der Waals surface area contributed by atoms with E-state index in [1.54, 1.807) is 0 Å². The summed E-state index contributed by atoms with van der Waals surface area (Å²) in [7, 11) is 0. The lowest BCUT2D eigenvalue weighted by molar-refractivity contribution is 1.29. The zero-order valence-corrected chi connectivity index (χ0v) is 15.0. The molecule has 4 aromatic rings. The van der Waals surface area contributed by atoms with Gasteiger partial charge in [0, 0.05) is 23.5 Å². The molecule has 2 heteroatoms. The average molecular weight is 336 g/mol. The van der Waals surface area contributed by atoms with E-state index < -0.39 is 0 Å². The molecule has 0 unspecified atom stereocenters. The Bertz CT molecular complexity index is 951. The topological polar surface area (TPSA) is 25.8 Å². The van der Waals surface area contributed by atoms with Gasteiger partial charge in [0.15, 0.2) is 0 Å². The smallest absolute Gasteiger partial charge is 0.0710 e. The van der Waals surface area contributed by atoms with Crippen LogP contribution in [-0.2, 0) is 0 Å². The Kier molecular flexibility index (Phi) is 4.32. The predicted molar refractivity (Wildman–Crippen MR) is 108 cm³/mol. The molecule has 2 aromatic heterocycles. The van der Waals surface area contributed by atoms with Crippen LogP contribution in [0.1, 0.15) is 11.1 Å². The van der Waals surface area contributed by atoms with Crippen LogP contribution in [0.2, 0.25) is 0 Å². The van der Waals surface area contributed by atoms with Crippen LogP contribution in [0.5, 0.6) is 0 Å². The second kappa shape index (κ2) is 6.93. The summed E-state index contributed by atoms with van der Waals surface area (Å²) < 4.78 is 0. The van der Waals surface area contributed by atoms with Crippen molar-refractivity contribution >= 4 is 0 Å². The lowest BCUT2D eigenvalue weighted by atomic mass is 9.88. The molecule has 2 heterocycles. The van der Waals surface area contributed by atoms with Gasteiger partial charge < -0.3 is 0 Å². The highest BCUT2D eigenvalue weighted by Gasteiger charge is 2.16. The summed E-state index contributed by atoms with van der Waals surface area (Å²) >= 11 is 0. The molecule has 0 saturated carbocycles. The van der Waals surface area contributed by atoms with Gasteiger partial charge in [-0.1, -0.05) is 48.5 Å². The van der Waals surface area contributed by atoms with Gasteiger partial charge in [0.1, 0.15) is 0 Å². The maximum atomic E-state index is 4.61. The van der Waals surface area contributed by atoms with Gasteiger partial charge in [-0.2, -0.15) is 0 Å². The maximum Gasteiger partial charge on any atom is 0.0710 e. The molecule has 4 rings (SSSR count). The van der Waals surface area contributed by atoms with Crippen LogP contribution in [0.15, 0.2) is 85.2 Å². The second-order valence-electron chi connectivity index (χ2n) is 6.42. The van der Waals surface area contributed by atoms with Crippen molar-refractivity contribution in [2.45, 2.75) is 13.8 Å². The summed E-state index contributed by atoms with van der Waals surface area (Å²) in [4.78, 5) is 9.21. The number of benzene rings is 2. The van der Waals surface area contributed by atoms with Crippen molar-refractivity contribution in [1.29, 1.82) is 0 Å². The van der Waals surface area contributed by atoms with Gasteiger partial charge in [0.25, 0.3) is 0 Å². The van der Waals surface area contributed by atoms with Gasteiger partial charge in [-0.3, -0.25) is 9.97 Å². The molecule has 0 aliphatic carbocycles. The number of aromatic nitrogens is 2. The standard InChI is InChI=1S/C24H20N2/c1-17-9-7-11-19(23(17)21-13-3-5-15-25-21)20-12-8-10-18(2)24(20)22-14-4-6-16-26-22/h3-16H,1-2H3. The molecule has 0 saturated heterocycles. The Balaban J connectivity index is 2.02. The van der Waals surface area contributed by atoms with Crippen molar-refractivity contribution in [3.05, 3.63) is 96.3 Å². The minimum absolute atomic E-state index is 0.995. The molecular formula is C24H20N2. The van der Waals surface area contributed by atoms with E-state index in [1.807, 2.05) is 36.7 Å². The molecule has 0 N–H and O–H groups in total. The number of nitrogens with zero attached hydrogens (tertiary/aromatic N) is 2. The van der Waals surface area contributed by atoms with Crippen molar-refractivity contribution in [1.82, 2.24) is 9.97 Å². The van der Waals surface area contributed by atoms with Crippen LogP contribution in [0.25, 0.3) is 33.6 Å². The first-order valence-corrected chi connectivity index (χ1v) is 8.78. The summed E-state index contributed by atoms with van der Waals surface area (Å²) in [5.41, 5.74) is 9.15. The molecule has 26 heavy (non-hydrogen) atoms. The first-order chi connectivity index (χ1) is 12.8. The van der Waals surface area contributed by atoms with Crippen molar-refractivity contribution < 1.29 is 0 Å². The minimum atomic E-state index is 0.995. The Morgan fingerprint density at radius 2 is 0.962 bits per heavy atom. The van der Waals surface area contributed by atoms with E-state index >= 15 is 0 Å². The summed E-state index contributed by atoms with van der Waals surface area (Å²) in [6, 6.07) is 25.0. The SMILES string of the molecule is Cc1cccc(-c2cccc(C)c2-c2ccccn2)c1-c1ccccn1. The van der Waals surface area contributed by atoms with E-state index in [0.29, 0.717) is 0 Å². The normalized spacial score (nSPS) is 10.7. The zero-order valence-electron chi connectivity index (χ0n) is 15.0. The second-order valence-corrected chi connectivity index (χ2v) is 6.42. The van der Waals surface area contributed by atoms with E-state index in [4.69, 9.17) is 0 Å². The molecule has 126 valence electrons. The van der Waals surface area contributed by atoms with E-state index in [0.717, 1.165) is 11.4 Å². The van der Waals surface area contributed by atoms with E-state index in [9.17, 15) is 0 Å². The molecule has 0 spiro atoms. The summed E-state index contributed by atoms with van der Waals surface area (Å²) in [5, 5.41) is 0. The monoisotopic (exact) mass is 336 g/mol. The van der Waals surface area contributed by atoms with E-state index in [2.05, 4.69) is 72.3 Å². The summed E-state index contributed by atoms with van der Waals surface area (Å²) in [6.07, 6.45) is 3.70. The van der Waals surface area contributed by atoms with E-state index in [1.165, 1.54) is 33.4 Å². The number of pyridine rings is 2. The molecule has 0 fully saturated rings. The Morgan fingerprint density at radius 1 is 0.500 bits per heavy atom. The van der Waals surface area contributed by atoms with Gasteiger partial charge in [0.2, 0.25) is 0 Å². The Hall–Kier alpha value is -3.26. The van der Waals surface area contributed by atoms with Crippen LogP contribution in [0.4, 0.5) is 0 Å². The van der Waals surface area contributed by atoms with Crippen LogP contribution < -0.4 is 0 Å². The fourth-order valence-corrected chi connectivity index (χ4v) is 3.49. The van der Waals surface area contributed by atoms with Gasteiger partial charge in [-0.05, 0) is 60.4 Å². The fourth-order valence-electron chi connectivity index (χ4n) is 3.49. The lowest BCUT2D eigenvalue weighted by Gasteiger charge is -2.17. The molecule has 0 aliphatic heterocycles. The van der Waals surface area contributed by atoms with Gasteiger partial charge in [0.05, 0.1) is 11.4 Å². The quantitative estimate of drug-likeness (QED) is 0.452. The number of aryl methyl sites for hydroxylation is 2. The average Bonchev–Trinajstić information content (AvgIpc) is 2.69. The third-order valence-electron chi connectivity index (χ3n) is 4.68. The highest BCUT2D eigenvalue weighted by Crippen LogP contribution is 2.39. The predicted octanol–water partition coefficient (Wildman–Crippen LogP) is 6.09. The van der Waals surface area contributed by atoms with Crippen molar-refractivity contribution in [3.8, 4) is 33.6 Å². The van der Waals surface area contributed by atoms with Crippen molar-refractivity contribution in [2.24, 2.45) is 0 Å². The van der Waals surface area contributed by atoms with Gasteiger partial charge in [-0.15, -0.1) is 0 Å². The third-order valence-corrected chi connectivity index (χ3v) is 4.68. The van der Waals surface area contributed by atoms with Crippen LogP contribution in [0.3, 0.4) is 0 Å². The van der Waals surface area contributed by atoms with Gasteiger partial charge >= 0.3 is 0 Å². The van der Waals surface area contributed by atoms with Crippen molar-refractivity contribution in [2.75, 3.05) is 0 Å². The molecule has 2 nitrogen and oxygen atoms in total. The summed E-state index contributed by atoms with van der Waals surface area (Å²) in [5.74, 6) is 0. The largest absolute Gasteiger partial charge is 0.256 e.